The number of aromatic nitrogens is 3. The first-order valence-electron chi connectivity index (χ1n) is 9.15. The summed E-state index contributed by atoms with van der Waals surface area (Å²) in [5.74, 6) is -0.477. The summed E-state index contributed by atoms with van der Waals surface area (Å²) in [6.07, 6.45) is -3.33. The highest BCUT2D eigenvalue weighted by Crippen LogP contribution is 2.42. The van der Waals surface area contributed by atoms with Gasteiger partial charge in [0.1, 0.15) is 0 Å². The Balaban J connectivity index is 0.00000240. The Kier molecular flexibility index (Phi) is 6.16. The first-order chi connectivity index (χ1) is 13.3. The van der Waals surface area contributed by atoms with Gasteiger partial charge in [-0.3, -0.25) is 4.79 Å². The average molecular weight is 432 g/mol. The number of nitrogens with one attached hydrogen (secondary N) is 2. The SMILES string of the molecule is Cl.O=C(NCC1CNCC1O)c1nnn(-c2cccc(C(F)(F)F)c2)c1C1CC1. The number of carbonyl (C=O) groups excluding carboxylic acids is 1. The highest BCUT2D eigenvalue weighted by Gasteiger charge is 2.36. The van der Waals surface area contributed by atoms with Crippen LogP contribution >= 0.6 is 12.4 Å². The largest absolute Gasteiger partial charge is 0.416 e. The maximum atomic E-state index is 13.0. The van der Waals surface area contributed by atoms with Crippen LogP contribution in [-0.2, 0) is 6.18 Å². The van der Waals surface area contributed by atoms with Crippen molar-refractivity contribution >= 4 is 18.3 Å². The molecule has 0 bridgehead atoms. The van der Waals surface area contributed by atoms with Crippen LogP contribution in [0.15, 0.2) is 24.3 Å². The van der Waals surface area contributed by atoms with Crippen molar-refractivity contribution in [3.63, 3.8) is 0 Å². The molecule has 2 aromatic rings. The smallest absolute Gasteiger partial charge is 0.391 e. The van der Waals surface area contributed by atoms with Crippen molar-refractivity contribution in [3.8, 4) is 5.69 Å². The second-order valence-electron chi connectivity index (χ2n) is 7.25. The molecule has 158 valence electrons. The number of benzene rings is 1. The molecule has 3 N–H and O–H groups in total. The summed E-state index contributed by atoms with van der Waals surface area (Å²) in [6, 6.07) is 4.82. The molecule has 2 heterocycles. The van der Waals surface area contributed by atoms with Crippen molar-refractivity contribution in [2.24, 2.45) is 5.92 Å². The summed E-state index contributed by atoms with van der Waals surface area (Å²) in [7, 11) is 0. The monoisotopic (exact) mass is 431 g/mol. The van der Waals surface area contributed by atoms with E-state index < -0.39 is 23.8 Å². The predicted octanol–water partition coefficient (Wildman–Crippen LogP) is 1.90. The third-order valence-electron chi connectivity index (χ3n) is 5.13. The van der Waals surface area contributed by atoms with E-state index in [9.17, 15) is 23.1 Å². The molecule has 0 radical (unpaired) electrons. The molecule has 1 aliphatic heterocycles. The molecule has 2 atom stereocenters. The van der Waals surface area contributed by atoms with Gasteiger partial charge >= 0.3 is 6.18 Å². The second kappa shape index (κ2) is 8.29. The van der Waals surface area contributed by atoms with Crippen LogP contribution in [0.5, 0.6) is 0 Å². The Labute approximate surface area is 171 Å². The summed E-state index contributed by atoms with van der Waals surface area (Å²) in [4.78, 5) is 12.6. The normalized spacial score (nSPS) is 21.7. The van der Waals surface area contributed by atoms with Gasteiger partial charge in [-0.15, -0.1) is 17.5 Å². The molecule has 1 amide bonds. The molecule has 2 fully saturated rings. The Bertz CT molecular complexity index is 885. The van der Waals surface area contributed by atoms with Crippen molar-refractivity contribution < 1.29 is 23.1 Å². The highest BCUT2D eigenvalue weighted by atomic mass is 35.5. The van der Waals surface area contributed by atoms with Gasteiger partial charge in [0.25, 0.3) is 5.91 Å². The van der Waals surface area contributed by atoms with E-state index in [-0.39, 0.29) is 42.2 Å². The number of hydrogen-bond donors (Lipinski definition) is 3. The van der Waals surface area contributed by atoms with Crippen LogP contribution in [0, 0.1) is 5.92 Å². The first-order valence-corrected chi connectivity index (χ1v) is 9.15. The van der Waals surface area contributed by atoms with E-state index in [2.05, 4.69) is 20.9 Å². The van der Waals surface area contributed by atoms with Crippen molar-refractivity contribution in [3.05, 3.63) is 41.2 Å². The minimum absolute atomic E-state index is 0. The van der Waals surface area contributed by atoms with Crippen molar-refractivity contribution in [1.82, 2.24) is 25.6 Å². The number of aliphatic hydroxyl groups is 1. The molecule has 1 saturated carbocycles. The van der Waals surface area contributed by atoms with Gasteiger partial charge in [0.15, 0.2) is 5.69 Å². The van der Waals surface area contributed by atoms with Gasteiger partial charge in [-0.2, -0.15) is 13.2 Å². The summed E-state index contributed by atoms with van der Waals surface area (Å²) >= 11 is 0. The van der Waals surface area contributed by atoms with Gasteiger partial charge in [-0.1, -0.05) is 11.3 Å². The fourth-order valence-corrected chi connectivity index (χ4v) is 3.41. The van der Waals surface area contributed by atoms with Gasteiger partial charge in [0.2, 0.25) is 0 Å². The van der Waals surface area contributed by atoms with Gasteiger partial charge in [0, 0.05) is 31.5 Å². The van der Waals surface area contributed by atoms with Crippen molar-refractivity contribution in [1.29, 1.82) is 0 Å². The quantitative estimate of drug-likeness (QED) is 0.672. The summed E-state index contributed by atoms with van der Waals surface area (Å²) < 4.78 is 40.4. The molecular formula is C18H21ClF3N5O2. The third kappa shape index (κ3) is 4.54. The molecule has 1 saturated heterocycles. The van der Waals surface area contributed by atoms with E-state index in [4.69, 9.17) is 0 Å². The molecule has 1 aromatic heterocycles. The minimum atomic E-state index is -4.47. The van der Waals surface area contributed by atoms with Crippen LogP contribution in [0.1, 0.15) is 40.5 Å². The Morgan fingerprint density at radius 1 is 1.31 bits per heavy atom. The number of hydrogen-bond acceptors (Lipinski definition) is 5. The van der Waals surface area contributed by atoms with Gasteiger partial charge in [-0.05, 0) is 31.0 Å². The van der Waals surface area contributed by atoms with E-state index in [0.29, 0.717) is 18.8 Å². The van der Waals surface area contributed by atoms with E-state index in [1.54, 1.807) is 0 Å². The van der Waals surface area contributed by atoms with Crippen LogP contribution in [0.2, 0.25) is 0 Å². The zero-order valence-corrected chi connectivity index (χ0v) is 16.1. The number of amides is 1. The molecule has 2 aliphatic rings. The summed E-state index contributed by atoms with van der Waals surface area (Å²) in [6.45, 7) is 1.38. The van der Waals surface area contributed by atoms with E-state index >= 15 is 0 Å². The van der Waals surface area contributed by atoms with Crippen LogP contribution in [0.25, 0.3) is 5.69 Å². The molecule has 29 heavy (non-hydrogen) atoms. The van der Waals surface area contributed by atoms with Crippen molar-refractivity contribution in [2.45, 2.75) is 31.0 Å². The second-order valence-corrected chi connectivity index (χ2v) is 7.25. The molecule has 7 nitrogen and oxygen atoms in total. The maximum Gasteiger partial charge on any atom is 0.416 e. The average Bonchev–Trinajstić information content (AvgIpc) is 3.26. The molecule has 4 rings (SSSR count). The molecule has 0 spiro atoms. The summed E-state index contributed by atoms with van der Waals surface area (Å²) in [5, 5.41) is 23.5. The van der Waals surface area contributed by atoms with Crippen LogP contribution in [0.3, 0.4) is 0 Å². The Morgan fingerprint density at radius 3 is 2.69 bits per heavy atom. The molecule has 1 aromatic carbocycles. The minimum Gasteiger partial charge on any atom is -0.391 e. The lowest BCUT2D eigenvalue weighted by Crippen LogP contribution is -2.35. The molecule has 1 aliphatic carbocycles. The maximum absolute atomic E-state index is 13.0. The van der Waals surface area contributed by atoms with Crippen LogP contribution in [0.4, 0.5) is 13.2 Å². The first kappa shape index (κ1) is 21.5. The summed E-state index contributed by atoms with van der Waals surface area (Å²) in [5.41, 5.74) is 0.0944. The van der Waals surface area contributed by atoms with Crippen LogP contribution in [-0.4, -0.2) is 51.7 Å². The fraction of sp³-hybridized carbons (Fsp3) is 0.500. The molecule has 2 unspecified atom stereocenters. The zero-order valence-electron chi connectivity index (χ0n) is 15.3. The number of alkyl halides is 3. The lowest BCUT2D eigenvalue weighted by molar-refractivity contribution is -0.137. The molecular weight excluding hydrogens is 411 g/mol. The zero-order chi connectivity index (χ0) is 19.9. The van der Waals surface area contributed by atoms with Gasteiger partial charge in [0.05, 0.1) is 23.0 Å². The molecule has 11 heteroatoms. The van der Waals surface area contributed by atoms with E-state index in [1.807, 2.05) is 0 Å². The lowest BCUT2D eigenvalue weighted by Gasteiger charge is -2.14. The van der Waals surface area contributed by atoms with E-state index in [1.165, 1.54) is 16.8 Å². The van der Waals surface area contributed by atoms with Gasteiger partial charge < -0.3 is 15.7 Å². The van der Waals surface area contributed by atoms with E-state index in [0.717, 1.165) is 25.0 Å². The topological polar surface area (TPSA) is 92.1 Å². The Morgan fingerprint density at radius 2 is 2.07 bits per heavy atom. The van der Waals surface area contributed by atoms with Crippen molar-refractivity contribution in [2.75, 3.05) is 19.6 Å². The number of aliphatic hydroxyl groups excluding tert-OH is 1. The van der Waals surface area contributed by atoms with Gasteiger partial charge in [-0.25, -0.2) is 4.68 Å². The number of β-amino-alcohol motifs (C(OH)–C–C–N with tert-alkyl or cyclic N) is 1. The Hall–Kier alpha value is -2.17. The predicted molar refractivity (Wildman–Crippen MR) is 100 cm³/mol. The number of nitrogens with zero attached hydrogens (tertiary/aromatic N) is 3. The van der Waals surface area contributed by atoms with Crippen LogP contribution < -0.4 is 10.6 Å². The number of rotatable bonds is 5. The highest BCUT2D eigenvalue weighted by molar-refractivity contribution is 5.93. The number of carbonyl (C=O) groups is 1. The fourth-order valence-electron chi connectivity index (χ4n) is 3.41. The standard InChI is InChI=1S/C18H20F3N5O2.ClH/c19-18(20,21)12-2-1-3-13(6-12)26-16(10-4-5-10)15(24-25-26)17(28)23-8-11-7-22-9-14(11)27;/h1-3,6,10-11,14,22,27H,4-5,7-9H2,(H,23,28);1H. The third-order valence-corrected chi connectivity index (χ3v) is 5.13. The number of halogens is 4. The lowest BCUT2D eigenvalue weighted by atomic mass is 10.1.